The Labute approximate surface area is 44.9 Å². The van der Waals surface area contributed by atoms with Gasteiger partial charge in [-0.25, -0.2) is 0 Å². The fourth-order valence-electron chi connectivity index (χ4n) is 0.933. The van der Waals surface area contributed by atoms with E-state index in [0.717, 1.165) is 0 Å². The quantitative estimate of drug-likeness (QED) is 0.400. The fraction of sp³-hybridized carbons (Fsp3) is 0.714. The van der Waals surface area contributed by atoms with Gasteiger partial charge in [-0.1, -0.05) is 25.7 Å². The van der Waals surface area contributed by atoms with Crippen LogP contribution in [0.5, 0.6) is 0 Å². The van der Waals surface area contributed by atoms with E-state index in [1.807, 2.05) is 0 Å². The Hall–Kier alpha value is -0.440. The molecular weight excluding hydrogens is 84.1 g/mol. The molecule has 1 unspecified atom stereocenters. The third-order valence-electron chi connectivity index (χ3n) is 1.28. The van der Waals surface area contributed by atoms with Crippen LogP contribution in [0.1, 0.15) is 20.3 Å². The van der Waals surface area contributed by atoms with Crippen molar-refractivity contribution in [3.8, 4) is 11.8 Å². The van der Waals surface area contributed by atoms with Gasteiger partial charge in [-0.05, 0) is 6.42 Å². The molecule has 0 aromatic carbocycles. The molecule has 7 heavy (non-hydrogen) atoms. The topological polar surface area (TPSA) is 0 Å². The zero-order valence-corrected chi connectivity index (χ0v) is 4.86. The first kappa shape index (κ1) is 4.71. The van der Waals surface area contributed by atoms with E-state index >= 15 is 0 Å². The van der Waals surface area contributed by atoms with E-state index in [2.05, 4.69) is 25.7 Å². The Kier molecular flexibility index (Phi) is 1.06. The predicted molar refractivity (Wildman–Crippen MR) is 30.7 cm³/mol. The largest absolute Gasteiger partial charge is 0.0999 e. The molecule has 0 heteroatoms. The molecule has 0 heterocycles. The van der Waals surface area contributed by atoms with Gasteiger partial charge in [-0.3, -0.25) is 0 Å². The molecule has 0 radical (unpaired) electrons. The second-order valence-corrected chi connectivity index (χ2v) is 2.33. The summed E-state index contributed by atoms with van der Waals surface area (Å²) in [5, 5.41) is 0. The van der Waals surface area contributed by atoms with Gasteiger partial charge in [0.05, 0.1) is 0 Å². The van der Waals surface area contributed by atoms with Gasteiger partial charge < -0.3 is 0 Å². The number of hydrogen-bond donors (Lipinski definition) is 0. The summed E-state index contributed by atoms with van der Waals surface area (Å²) in [6.07, 6.45) is 1.25. The maximum atomic E-state index is 3.12. The van der Waals surface area contributed by atoms with Crippen LogP contribution in [0.25, 0.3) is 0 Å². The van der Waals surface area contributed by atoms with Crippen molar-refractivity contribution in [2.45, 2.75) is 20.3 Å². The summed E-state index contributed by atoms with van der Waals surface area (Å²) in [6.45, 7) is 4.35. The van der Waals surface area contributed by atoms with E-state index in [9.17, 15) is 0 Å². The Balaban J connectivity index is 2.48. The minimum Gasteiger partial charge on any atom is -0.0999 e. The SMILES string of the molecule is CC1C#C[C@@H](C)C1. The average Bonchev–Trinajstić information content (AvgIpc) is 1.87. The molecule has 1 aliphatic rings. The smallest absolute Gasteiger partial charge is 0.0186 e. The summed E-state index contributed by atoms with van der Waals surface area (Å²) >= 11 is 0. The predicted octanol–water partition coefficient (Wildman–Crippen LogP) is 1.67. The molecule has 0 N–H and O–H groups in total. The number of hydrogen-bond acceptors (Lipinski definition) is 0. The van der Waals surface area contributed by atoms with Crippen molar-refractivity contribution < 1.29 is 0 Å². The van der Waals surface area contributed by atoms with Crippen LogP contribution in [-0.4, -0.2) is 0 Å². The Morgan fingerprint density at radius 2 is 1.57 bits per heavy atom. The Morgan fingerprint density at radius 1 is 1.14 bits per heavy atom. The highest BCUT2D eigenvalue weighted by atomic mass is 14.1. The monoisotopic (exact) mass is 94.1 g/mol. The fourth-order valence-corrected chi connectivity index (χ4v) is 0.933. The second-order valence-electron chi connectivity index (χ2n) is 2.33. The molecule has 1 rings (SSSR count). The molecule has 0 aromatic heterocycles. The number of rotatable bonds is 0. The molecule has 0 saturated carbocycles. The second kappa shape index (κ2) is 1.58. The maximum absolute atomic E-state index is 3.12. The summed E-state index contributed by atoms with van der Waals surface area (Å²) in [7, 11) is 0. The van der Waals surface area contributed by atoms with Crippen molar-refractivity contribution in [3.63, 3.8) is 0 Å². The van der Waals surface area contributed by atoms with Crippen LogP contribution in [0.15, 0.2) is 0 Å². The zero-order chi connectivity index (χ0) is 5.28. The summed E-state index contributed by atoms with van der Waals surface area (Å²) < 4.78 is 0. The molecule has 0 fully saturated rings. The van der Waals surface area contributed by atoms with Crippen LogP contribution in [0.2, 0.25) is 0 Å². The maximum Gasteiger partial charge on any atom is 0.0186 e. The van der Waals surface area contributed by atoms with Crippen LogP contribution in [0.3, 0.4) is 0 Å². The lowest BCUT2D eigenvalue weighted by Crippen LogP contribution is -1.88. The highest BCUT2D eigenvalue weighted by molar-refractivity contribution is 5.12. The van der Waals surface area contributed by atoms with E-state index < -0.39 is 0 Å². The van der Waals surface area contributed by atoms with Gasteiger partial charge >= 0.3 is 0 Å². The van der Waals surface area contributed by atoms with Gasteiger partial charge in [0.2, 0.25) is 0 Å². The van der Waals surface area contributed by atoms with E-state index in [-0.39, 0.29) is 0 Å². The summed E-state index contributed by atoms with van der Waals surface area (Å²) in [5.41, 5.74) is 0. The van der Waals surface area contributed by atoms with E-state index in [1.54, 1.807) is 0 Å². The highest BCUT2D eigenvalue weighted by Gasteiger charge is 2.07. The molecule has 0 aliphatic heterocycles. The van der Waals surface area contributed by atoms with Crippen molar-refractivity contribution >= 4 is 0 Å². The molecule has 38 valence electrons. The standard InChI is InChI=1S/C7H10/c1-6-3-4-7(2)5-6/h6-7H,5H2,1-2H3/t6-,7?/m1/s1. The van der Waals surface area contributed by atoms with Crippen LogP contribution in [-0.2, 0) is 0 Å². The van der Waals surface area contributed by atoms with Gasteiger partial charge in [-0.2, -0.15) is 0 Å². The normalized spacial score (nSPS) is 37.4. The van der Waals surface area contributed by atoms with Crippen molar-refractivity contribution in [1.82, 2.24) is 0 Å². The molecule has 0 amide bonds. The molecule has 0 spiro atoms. The minimum atomic E-state index is 0.662. The van der Waals surface area contributed by atoms with Crippen molar-refractivity contribution in [3.05, 3.63) is 0 Å². The third kappa shape index (κ3) is 0.962. The van der Waals surface area contributed by atoms with Crippen LogP contribution in [0, 0.1) is 23.7 Å². The molecule has 0 bridgehead atoms. The zero-order valence-electron chi connectivity index (χ0n) is 4.86. The first-order chi connectivity index (χ1) is 3.29. The van der Waals surface area contributed by atoms with Crippen LogP contribution < -0.4 is 0 Å². The van der Waals surface area contributed by atoms with Crippen LogP contribution in [0.4, 0.5) is 0 Å². The summed E-state index contributed by atoms with van der Waals surface area (Å²) in [5.74, 6) is 7.56. The summed E-state index contributed by atoms with van der Waals surface area (Å²) in [6, 6.07) is 0. The Morgan fingerprint density at radius 3 is 1.71 bits per heavy atom. The molecule has 2 atom stereocenters. The third-order valence-corrected chi connectivity index (χ3v) is 1.28. The summed E-state index contributed by atoms with van der Waals surface area (Å²) in [4.78, 5) is 0. The van der Waals surface area contributed by atoms with Gasteiger partial charge in [0.1, 0.15) is 0 Å². The van der Waals surface area contributed by atoms with Gasteiger partial charge in [0, 0.05) is 11.8 Å². The first-order valence-corrected chi connectivity index (χ1v) is 2.80. The highest BCUT2D eigenvalue weighted by Crippen LogP contribution is 2.15. The van der Waals surface area contributed by atoms with Crippen LogP contribution >= 0.6 is 0 Å². The average molecular weight is 94.2 g/mol. The molecule has 0 saturated heterocycles. The Bertz CT molecular complexity index is 102. The van der Waals surface area contributed by atoms with Crippen molar-refractivity contribution in [2.75, 3.05) is 0 Å². The van der Waals surface area contributed by atoms with Gasteiger partial charge in [0.15, 0.2) is 0 Å². The van der Waals surface area contributed by atoms with Gasteiger partial charge in [0.25, 0.3) is 0 Å². The van der Waals surface area contributed by atoms with Crippen molar-refractivity contribution in [2.24, 2.45) is 11.8 Å². The molecule has 0 aromatic rings. The molecular formula is C7H10. The first-order valence-electron chi connectivity index (χ1n) is 2.80. The molecule has 1 aliphatic carbocycles. The van der Waals surface area contributed by atoms with E-state index in [0.29, 0.717) is 11.8 Å². The lowest BCUT2D eigenvalue weighted by atomic mass is 10.1. The van der Waals surface area contributed by atoms with E-state index in [1.165, 1.54) is 6.42 Å². The molecule has 0 nitrogen and oxygen atoms in total. The minimum absolute atomic E-state index is 0.662. The van der Waals surface area contributed by atoms with E-state index in [4.69, 9.17) is 0 Å². The lowest BCUT2D eigenvalue weighted by Gasteiger charge is -1.95. The van der Waals surface area contributed by atoms with Gasteiger partial charge in [-0.15, -0.1) is 0 Å². The van der Waals surface area contributed by atoms with Crippen molar-refractivity contribution in [1.29, 1.82) is 0 Å². The lowest BCUT2D eigenvalue weighted by molar-refractivity contribution is 0.600.